The van der Waals surface area contributed by atoms with Gasteiger partial charge in [0.25, 0.3) is 5.91 Å². The van der Waals surface area contributed by atoms with Crippen molar-refractivity contribution in [3.8, 4) is 11.5 Å². The number of cyclic esters (lactones) is 2. The van der Waals surface area contributed by atoms with E-state index in [9.17, 15) is 24.3 Å². The zero-order chi connectivity index (χ0) is 27.8. The lowest BCUT2D eigenvalue weighted by Gasteiger charge is -2.29. The normalized spacial score (nSPS) is 22.2. The summed E-state index contributed by atoms with van der Waals surface area (Å²) >= 11 is 0. The lowest BCUT2D eigenvalue weighted by molar-refractivity contribution is -0.172. The second kappa shape index (κ2) is 12.7. The van der Waals surface area contributed by atoms with E-state index in [1.165, 1.54) is 26.3 Å². The standard InChI is InChI=1S/C27H30N2O9/c1-5-15(2)25(32)38-23-16(3)37-27(34)19(29-24(31)21-22(30)20(35-4)11-12-28-21)14-36-26(33)18(23)13-17-9-7-6-8-10-17/h5-12,16,18-19,23,30H,13-14H2,1-4H3,(H,29,31). The molecule has 4 unspecified atom stereocenters. The van der Waals surface area contributed by atoms with Gasteiger partial charge in [-0.3, -0.25) is 9.59 Å². The molecule has 2 N–H and O–H groups in total. The minimum atomic E-state index is -1.43. The largest absolute Gasteiger partial charge is 0.503 e. The Labute approximate surface area is 219 Å². The highest BCUT2D eigenvalue weighted by Crippen LogP contribution is 2.28. The predicted octanol–water partition coefficient (Wildman–Crippen LogP) is 2.12. The van der Waals surface area contributed by atoms with Gasteiger partial charge in [0.05, 0.1) is 7.11 Å². The van der Waals surface area contributed by atoms with Crippen LogP contribution in [-0.4, -0.2) is 65.9 Å². The first-order valence-corrected chi connectivity index (χ1v) is 11.9. The minimum absolute atomic E-state index is 0.00655. The third-order valence-corrected chi connectivity index (χ3v) is 6.06. The molecule has 1 aliphatic heterocycles. The molecule has 1 aromatic heterocycles. The number of esters is 3. The number of aromatic nitrogens is 1. The van der Waals surface area contributed by atoms with E-state index in [-0.39, 0.29) is 12.2 Å². The third-order valence-electron chi connectivity index (χ3n) is 6.06. The summed E-state index contributed by atoms with van der Waals surface area (Å²) in [5, 5.41) is 12.6. The number of pyridine rings is 1. The van der Waals surface area contributed by atoms with Crippen LogP contribution >= 0.6 is 0 Å². The number of amides is 1. The number of ether oxygens (including phenoxy) is 4. The van der Waals surface area contributed by atoms with Gasteiger partial charge in [-0.1, -0.05) is 36.4 Å². The van der Waals surface area contributed by atoms with Crippen LogP contribution in [0.3, 0.4) is 0 Å². The Kier molecular flexibility index (Phi) is 9.42. The number of methoxy groups -OCH3 is 1. The number of nitrogens with one attached hydrogen (secondary N) is 1. The molecule has 1 amide bonds. The van der Waals surface area contributed by atoms with Gasteiger partial charge in [-0.2, -0.15) is 0 Å². The maximum atomic E-state index is 13.3. The van der Waals surface area contributed by atoms with Gasteiger partial charge in [-0.15, -0.1) is 0 Å². The van der Waals surface area contributed by atoms with E-state index in [4.69, 9.17) is 18.9 Å². The number of benzene rings is 1. The molecule has 0 aliphatic carbocycles. The molecule has 1 fully saturated rings. The Morgan fingerprint density at radius 3 is 2.55 bits per heavy atom. The molecule has 0 saturated carbocycles. The fraction of sp³-hybridized carbons (Fsp3) is 0.370. The van der Waals surface area contributed by atoms with Crippen LogP contribution in [0.5, 0.6) is 11.5 Å². The van der Waals surface area contributed by atoms with Crippen LogP contribution in [0.25, 0.3) is 0 Å². The van der Waals surface area contributed by atoms with Crippen molar-refractivity contribution >= 4 is 23.8 Å². The summed E-state index contributed by atoms with van der Waals surface area (Å²) < 4.78 is 21.6. The molecule has 0 radical (unpaired) electrons. The molecule has 0 bridgehead atoms. The highest BCUT2D eigenvalue weighted by atomic mass is 16.6. The number of nitrogens with zero attached hydrogens (tertiary/aromatic N) is 1. The highest BCUT2D eigenvalue weighted by molar-refractivity contribution is 5.98. The van der Waals surface area contributed by atoms with Gasteiger partial charge < -0.3 is 29.4 Å². The van der Waals surface area contributed by atoms with Crippen LogP contribution in [0.15, 0.2) is 54.2 Å². The van der Waals surface area contributed by atoms with Gasteiger partial charge in [0, 0.05) is 17.8 Å². The van der Waals surface area contributed by atoms with Gasteiger partial charge in [0.2, 0.25) is 0 Å². The smallest absolute Gasteiger partial charge is 0.333 e. The molecule has 1 saturated heterocycles. The average molecular weight is 527 g/mol. The molecular weight excluding hydrogens is 496 g/mol. The van der Waals surface area contributed by atoms with Gasteiger partial charge in [0.1, 0.15) is 18.6 Å². The van der Waals surface area contributed by atoms with E-state index in [1.54, 1.807) is 32.1 Å². The molecule has 1 aliphatic rings. The zero-order valence-corrected chi connectivity index (χ0v) is 21.5. The van der Waals surface area contributed by atoms with Crippen molar-refractivity contribution in [1.82, 2.24) is 10.3 Å². The number of allylic oxidation sites excluding steroid dienone is 1. The Hall–Kier alpha value is -4.41. The first kappa shape index (κ1) is 28.2. The summed E-state index contributed by atoms with van der Waals surface area (Å²) in [6, 6.07) is 8.98. The maximum Gasteiger partial charge on any atom is 0.333 e. The summed E-state index contributed by atoms with van der Waals surface area (Å²) in [7, 11) is 1.31. The van der Waals surface area contributed by atoms with Crippen molar-refractivity contribution in [3.05, 3.63) is 65.5 Å². The fourth-order valence-corrected chi connectivity index (χ4v) is 3.81. The van der Waals surface area contributed by atoms with E-state index in [0.29, 0.717) is 5.57 Å². The number of carbonyl (C=O) groups excluding carboxylic acids is 4. The first-order chi connectivity index (χ1) is 18.2. The second-order valence-electron chi connectivity index (χ2n) is 8.65. The van der Waals surface area contributed by atoms with E-state index in [0.717, 1.165) is 5.56 Å². The van der Waals surface area contributed by atoms with Crippen molar-refractivity contribution < 1.29 is 43.2 Å². The van der Waals surface area contributed by atoms with E-state index >= 15 is 0 Å². The van der Waals surface area contributed by atoms with Crippen LogP contribution in [0.1, 0.15) is 36.8 Å². The van der Waals surface area contributed by atoms with E-state index < -0.39 is 66.0 Å². The maximum absolute atomic E-state index is 13.3. The van der Waals surface area contributed by atoms with Crippen molar-refractivity contribution in [2.75, 3.05) is 13.7 Å². The number of rotatable bonds is 7. The van der Waals surface area contributed by atoms with Crippen molar-refractivity contribution in [2.24, 2.45) is 5.92 Å². The molecule has 2 heterocycles. The quantitative estimate of drug-likeness (QED) is 0.312. The summed E-state index contributed by atoms with van der Waals surface area (Å²) in [5.74, 6) is -4.78. The van der Waals surface area contributed by atoms with Crippen LogP contribution in [-0.2, 0) is 35.0 Å². The summed E-state index contributed by atoms with van der Waals surface area (Å²) in [6.45, 7) is 4.17. The molecule has 4 atom stereocenters. The van der Waals surface area contributed by atoms with Crippen molar-refractivity contribution in [2.45, 2.75) is 45.4 Å². The number of aromatic hydroxyl groups is 1. The summed E-state index contributed by atoms with van der Waals surface area (Å²) in [5.41, 5.74) is 0.693. The number of carbonyl (C=O) groups is 4. The molecule has 0 spiro atoms. The summed E-state index contributed by atoms with van der Waals surface area (Å²) in [6.07, 6.45) is 0.710. The van der Waals surface area contributed by atoms with Crippen molar-refractivity contribution in [1.29, 1.82) is 0 Å². The zero-order valence-electron chi connectivity index (χ0n) is 21.5. The monoisotopic (exact) mass is 526 g/mol. The highest BCUT2D eigenvalue weighted by Gasteiger charge is 2.42. The molecule has 11 heteroatoms. The van der Waals surface area contributed by atoms with Gasteiger partial charge in [0.15, 0.2) is 29.3 Å². The lowest BCUT2D eigenvalue weighted by Crippen LogP contribution is -2.46. The Bertz CT molecular complexity index is 1210. The minimum Gasteiger partial charge on any atom is -0.503 e. The molecule has 202 valence electrons. The summed E-state index contributed by atoms with van der Waals surface area (Å²) in [4.78, 5) is 55.5. The number of hydrogen-bond acceptors (Lipinski definition) is 10. The molecule has 3 rings (SSSR count). The van der Waals surface area contributed by atoms with Gasteiger partial charge in [-0.25, -0.2) is 14.6 Å². The third kappa shape index (κ3) is 6.67. The first-order valence-electron chi connectivity index (χ1n) is 11.9. The molecule has 11 nitrogen and oxygen atoms in total. The van der Waals surface area contributed by atoms with Gasteiger partial charge in [-0.05, 0) is 32.8 Å². The number of hydrogen-bond donors (Lipinski definition) is 2. The Balaban J connectivity index is 1.89. The molecule has 2 aromatic rings. The van der Waals surface area contributed by atoms with Crippen LogP contribution in [0.4, 0.5) is 0 Å². The topological polar surface area (TPSA) is 150 Å². The predicted molar refractivity (Wildman–Crippen MR) is 133 cm³/mol. The SMILES string of the molecule is CC=C(C)C(=O)OC1C(C)OC(=O)C(NC(=O)c2nccc(OC)c2O)COC(=O)C1Cc1ccccc1. The lowest BCUT2D eigenvalue weighted by atomic mass is 9.91. The second-order valence-corrected chi connectivity index (χ2v) is 8.65. The van der Waals surface area contributed by atoms with E-state index in [2.05, 4.69) is 10.3 Å². The Morgan fingerprint density at radius 1 is 1.18 bits per heavy atom. The van der Waals surface area contributed by atoms with E-state index in [1.807, 2.05) is 18.2 Å². The fourth-order valence-electron chi connectivity index (χ4n) is 3.81. The van der Waals surface area contributed by atoms with Gasteiger partial charge >= 0.3 is 17.9 Å². The van der Waals surface area contributed by atoms with Crippen molar-refractivity contribution in [3.63, 3.8) is 0 Å². The molecule has 38 heavy (non-hydrogen) atoms. The Morgan fingerprint density at radius 2 is 1.89 bits per heavy atom. The molecule has 1 aromatic carbocycles. The van der Waals surface area contributed by atoms with Crippen LogP contribution < -0.4 is 10.1 Å². The van der Waals surface area contributed by atoms with Crippen LogP contribution in [0.2, 0.25) is 0 Å². The molecular formula is C27H30N2O9. The van der Waals surface area contributed by atoms with Crippen LogP contribution in [0, 0.1) is 5.92 Å². The average Bonchev–Trinajstić information content (AvgIpc) is 2.95.